The average Bonchev–Trinajstić information content (AvgIpc) is 3.72. The summed E-state index contributed by atoms with van der Waals surface area (Å²) in [5.41, 5.74) is 10.4. The maximum Gasteiger partial charge on any atom is 0.291 e. The van der Waals surface area contributed by atoms with E-state index in [1.807, 2.05) is 17.0 Å². The molecule has 1 amide bonds. The number of nitrogen functional groups attached to an aromatic ring is 1. The van der Waals surface area contributed by atoms with Crippen LogP contribution in [0.5, 0.6) is 0 Å². The minimum Gasteiger partial charge on any atom is -0.382 e. The van der Waals surface area contributed by atoms with Crippen LogP contribution in [0.3, 0.4) is 0 Å². The van der Waals surface area contributed by atoms with Crippen molar-refractivity contribution < 1.29 is 17.6 Å². The van der Waals surface area contributed by atoms with Crippen molar-refractivity contribution in [2.75, 3.05) is 12.0 Å². The van der Waals surface area contributed by atoms with Gasteiger partial charge in [-0.2, -0.15) is 14.7 Å². The van der Waals surface area contributed by atoms with Gasteiger partial charge in [0.2, 0.25) is 5.82 Å². The number of rotatable bonds is 5. The molecule has 7 rings (SSSR count). The van der Waals surface area contributed by atoms with Gasteiger partial charge in [-0.15, -0.1) is 0 Å². The summed E-state index contributed by atoms with van der Waals surface area (Å²) >= 11 is 0. The number of H-pyrrole nitrogens is 1. The van der Waals surface area contributed by atoms with Gasteiger partial charge in [-0.3, -0.25) is 14.9 Å². The predicted octanol–water partition coefficient (Wildman–Crippen LogP) is 3.56. The largest absolute Gasteiger partial charge is 0.382 e. The summed E-state index contributed by atoms with van der Waals surface area (Å²) < 4.78 is 41.6. The number of amides is 1. The normalized spacial score (nSPS) is 20.2. The predicted molar refractivity (Wildman–Crippen MR) is 155 cm³/mol. The van der Waals surface area contributed by atoms with Crippen LogP contribution < -0.4 is 5.73 Å². The standard InChI is InChI=1S/C29H28FN9O3S/c1-15-3-4-16(11-22(15)30)23-8-5-17(12-32-23)21-13-35-39-26(31)25(43(2,41)42)24(36-28(21)39)18-9-19-6-7-20(10-18)38(19)29(40)27-33-14-34-37-27/h3-5,8,11-14,18-20H,6-7,9-10,31H2,1-2H3,(H,33,34,37)/t18?,19-,20+. The molecule has 2 saturated heterocycles. The fourth-order valence-corrected chi connectivity index (χ4v) is 7.58. The minimum absolute atomic E-state index is 0.0130. The van der Waals surface area contributed by atoms with Gasteiger partial charge in [0.1, 0.15) is 22.9 Å². The summed E-state index contributed by atoms with van der Waals surface area (Å²) in [6.45, 7) is 1.70. The van der Waals surface area contributed by atoms with E-state index in [1.165, 1.54) is 16.9 Å². The Labute approximate surface area is 246 Å². The van der Waals surface area contributed by atoms with E-state index in [0.717, 1.165) is 19.1 Å². The first-order chi connectivity index (χ1) is 20.6. The van der Waals surface area contributed by atoms with Gasteiger partial charge in [0.15, 0.2) is 15.5 Å². The molecule has 4 aromatic heterocycles. The molecular weight excluding hydrogens is 573 g/mol. The van der Waals surface area contributed by atoms with E-state index in [0.29, 0.717) is 52.1 Å². The molecule has 2 fully saturated rings. The number of pyridine rings is 1. The number of fused-ring (bicyclic) bond motifs is 3. The third-order valence-electron chi connectivity index (χ3n) is 8.55. The number of benzene rings is 1. The molecule has 5 aromatic rings. The first kappa shape index (κ1) is 27.1. The quantitative estimate of drug-likeness (QED) is 0.306. The van der Waals surface area contributed by atoms with Crippen molar-refractivity contribution >= 4 is 27.2 Å². The monoisotopic (exact) mass is 601 g/mol. The minimum atomic E-state index is -3.78. The van der Waals surface area contributed by atoms with Crippen LogP contribution >= 0.6 is 0 Å². The molecule has 2 aliphatic heterocycles. The molecule has 0 aliphatic carbocycles. The van der Waals surface area contributed by atoms with Gasteiger partial charge in [-0.1, -0.05) is 18.2 Å². The van der Waals surface area contributed by atoms with Crippen LogP contribution in [0.4, 0.5) is 10.2 Å². The van der Waals surface area contributed by atoms with E-state index < -0.39 is 9.84 Å². The second kappa shape index (κ2) is 9.93. The highest BCUT2D eigenvalue weighted by atomic mass is 32.2. The number of anilines is 1. The second-order valence-electron chi connectivity index (χ2n) is 11.3. The third-order valence-corrected chi connectivity index (χ3v) is 9.71. The number of aromatic amines is 1. The van der Waals surface area contributed by atoms with E-state index >= 15 is 0 Å². The number of sulfone groups is 1. The molecule has 14 heteroatoms. The van der Waals surface area contributed by atoms with Crippen LogP contribution in [-0.2, 0) is 9.84 Å². The summed E-state index contributed by atoms with van der Waals surface area (Å²) in [4.78, 5) is 28.4. The summed E-state index contributed by atoms with van der Waals surface area (Å²) in [7, 11) is -3.78. The van der Waals surface area contributed by atoms with Gasteiger partial charge in [-0.05, 0) is 50.3 Å². The Morgan fingerprint density at radius 1 is 1.07 bits per heavy atom. The van der Waals surface area contributed by atoms with Crippen LogP contribution in [0.15, 0.2) is 53.9 Å². The Bertz CT molecular complexity index is 1980. The Hall–Kier alpha value is -4.72. The molecule has 6 heterocycles. The number of carbonyl (C=O) groups is 1. The first-order valence-corrected chi connectivity index (χ1v) is 15.8. The van der Waals surface area contributed by atoms with E-state index in [-0.39, 0.29) is 46.3 Å². The molecule has 3 N–H and O–H groups in total. The highest BCUT2D eigenvalue weighted by Crippen LogP contribution is 2.45. The highest BCUT2D eigenvalue weighted by molar-refractivity contribution is 7.91. The molecule has 2 aliphatic rings. The summed E-state index contributed by atoms with van der Waals surface area (Å²) in [5.74, 6) is -0.584. The average molecular weight is 602 g/mol. The van der Waals surface area contributed by atoms with Gasteiger partial charge in [-0.25, -0.2) is 22.8 Å². The lowest BCUT2D eigenvalue weighted by Crippen LogP contribution is -2.46. The highest BCUT2D eigenvalue weighted by Gasteiger charge is 2.46. The second-order valence-corrected chi connectivity index (χ2v) is 13.2. The van der Waals surface area contributed by atoms with Gasteiger partial charge >= 0.3 is 0 Å². The van der Waals surface area contributed by atoms with Crippen molar-refractivity contribution in [2.45, 2.75) is 55.5 Å². The molecule has 12 nitrogen and oxygen atoms in total. The molecule has 3 atom stereocenters. The van der Waals surface area contributed by atoms with Crippen LogP contribution in [0.2, 0.25) is 0 Å². The van der Waals surface area contributed by atoms with Crippen LogP contribution in [0, 0.1) is 12.7 Å². The Morgan fingerprint density at radius 2 is 1.81 bits per heavy atom. The van der Waals surface area contributed by atoms with E-state index in [1.54, 1.807) is 31.5 Å². The Balaban J connectivity index is 1.27. The number of carbonyl (C=O) groups excluding carboxylic acids is 1. The lowest BCUT2D eigenvalue weighted by molar-refractivity contribution is 0.0556. The smallest absolute Gasteiger partial charge is 0.291 e. The van der Waals surface area contributed by atoms with Crippen LogP contribution in [0.1, 0.15) is 53.5 Å². The molecule has 2 bridgehead atoms. The zero-order chi connectivity index (χ0) is 30.0. The number of hydrogen-bond donors (Lipinski definition) is 2. The number of halogens is 1. The molecule has 0 radical (unpaired) electrons. The van der Waals surface area contributed by atoms with Gasteiger partial charge in [0.25, 0.3) is 5.91 Å². The SMILES string of the molecule is Cc1ccc(-c2ccc(-c3cnn4c(N)c(S(C)(=O)=O)c(C5C[C@H]6CC[C@@H](C5)N6C(=O)c5ncn[nH]5)nc34)cn2)cc1F. The van der Waals surface area contributed by atoms with Crippen molar-refractivity contribution in [3.05, 3.63) is 72.0 Å². The van der Waals surface area contributed by atoms with Crippen molar-refractivity contribution in [1.82, 2.24) is 39.7 Å². The maximum atomic E-state index is 14.1. The molecular formula is C29H28FN9O3S. The number of piperidine rings is 1. The van der Waals surface area contributed by atoms with Crippen molar-refractivity contribution in [1.29, 1.82) is 0 Å². The molecule has 1 aromatic carbocycles. The van der Waals surface area contributed by atoms with E-state index in [2.05, 4.69) is 25.3 Å². The van der Waals surface area contributed by atoms with Crippen molar-refractivity contribution in [2.24, 2.45) is 0 Å². The topological polar surface area (TPSA) is 165 Å². The van der Waals surface area contributed by atoms with Crippen LogP contribution in [0.25, 0.3) is 28.0 Å². The molecule has 220 valence electrons. The number of nitrogens with zero attached hydrogens (tertiary/aromatic N) is 7. The zero-order valence-corrected chi connectivity index (χ0v) is 24.2. The number of nitrogens with one attached hydrogen (secondary N) is 1. The molecule has 43 heavy (non-hydrogen) atoms. The summed E-state index contributed by atoms with van der Waals surface area (Å²) in [6, 6.07) is 8.41. The summed E-state index contributed by atoms with van der Waals surface area (Å²) in [6.07, 6.45) is 8.33. The maximum absolute atomic E-state index is 14.1. The number of nitrogens with two attached hydrogens (primary N) is 1. The van der Waals surface area contributed by atoms with Crippen molar-refractivity contribution in [3.8, 4) is 22.4 Å². The molecule has 0 saturated carbocycles. The number of aryl methyl sites for hydroxylation is 1. The fourth-order valence-electron chi connectivity index (χ4n) is 6.52. The third kappa shape index (κ3) is 4.52. The van der Waals surface area contributed by atoms with E-state index in [4.69, 9.17) is 10.7 Å². The van der Waals surface area contributed by atoms with Gasteiger partial charge < -0.3 is 10.6 Å². The Morgan fingerprint density at radius 3 is 2.44 bits per heavy atom. The zero-order valence-electron chi connectivity index (χ0n) is 23.4. The number of aromatic nitrogens is 7. The summed E-state index contributed by atoms with van der Waals surface area (Å²) in [5, 5.41) is 10.8. The lowest BCUT2D eigenvalue weighted by atomic mass is 9.87. The van der Waals surface area contributed by atoms with E-state index in [9.17, 15) is 17.6 Å². The van der Waals surface area contributed by atoms with Gasteiger partial charge in [0.05, 0.1) is 17.6 Å². The Kier molecular flexibility index (Phi) is 6.27. The lowest BCUT2D eigenvalue weighted by Gasteiger charge is -2.38. The molecule has 1 unspecified atom stereocenters. The number of hydrogen-bond acceptors (Lipinski definition) is 9. The fraction of sp³-hybridized carbons (Fsp3) is 0.310. The van der Waals surface area contributed by atoms with Crippen LogP contribution in [-0.4, -0.2) is 72.3 Å². The van der Waals surface area contributed by atoms with Crippen molar-refractivity contribution in [3.63, 3.8) is 0 Å². The van der Waals surface area contributed by atoms with Gasteiger partial charge in [0, 0.05) is 47.1 Å². The first-order valence-electron chi connectivity index (χ1n) is 13.9. The molecule has 0 spiro atoms.